The quantitative estimate of drug-likeness (QED) is 0.289. The van der Waals surface area contributed by atoms with Gasteiger partial charge in [-0.1, -0.05) is 36.4 Å². The van der Waals surface area contributed by atoms with Gasteiger partial charge in [-0.15, -0.1) is 11.3 Å². The first-order chi connectivity index (χ1) is 17.3. The highest BCUT2D eigenvalue weighted by Gasteiger charge is 2.16. The SMILES string of the molecule is CS(=O)Cc1cccc(CNC(=O)c2nc3scc(COCc4ccc(C(=O)O)cc4)c3c(=O)[nH]2)c1. The zero-order valence-electron chi connectivity index (χ0n) is 19.3. The van der Waals surface area contributed by atoms with Crippen LogP contribution in [0.4, 0.5) is 0 Å². The van der Waals surface area contributed by atoms with Gasteiger partial charge in [0.2, 0.25) is 5.82 Å². The van der Waals surface area contributed by atoms with Crippen molar-refractivity contribution in [2.75, 3.05) is 6.26 Å². The second-order valence-corrected chi connectivity index (χ2v) is 10.4. The summed E-state index contributed by atoms with van der Waals surface area (Å²) in [6.45, 7) is 0.649. The number of nitrogens with zero attached hydrogens (tertiary/aromatic N) is 1. The molecule has 3 N–H and O–H groups in total. The van der Waals surface area contributed by atoms with Crippen molar-refractivity contribution in [2.24, 2.45) is 0 Å². The first-order valence-corrected chi connectivity index (χ1v) is 13.5. The van der Waals surface area contributed by atoms with Crippen LogP contribution in [0.25, 0.3) is 10.2 Å². The highest BCUT2D eigenvalue weighted by Crippen LogP contribution is 2.22. The Kier molecular flexibility index (Phi) is 8.04. The lowest BCUT2D eigenvalue weighted by atomic mass is 10.1. The van der Waals surface area contributed by atoms with Gasteiger partial charge in [-0.3, -0.25) is 13.8 Å². The minimum Gasteiger partial charge on any atom is -0.478 e. The van der Waals surface area contributed by atoms with E-state index in [2.05, 4.69) is 15.3 Å². The summed E-state index contributed by atoms with van der Waals surface area (Å²) >= 11 is 1.25. The van der Waals surface area contributed by atoms with Crippen LogP contribution in [0.1, 0.15) is 43.2 Å². The molecule has 4 rings (SSSR count). The van der Waals surface area contributed by atoms with E-state index in [1.807, 2.05) is 24.3 Å². The number of aromatic amines is 1. The Hall–Kier alpha value is -3.67. The summed E-state index contributed by atoms with van der Waals surface area (Å²) in [5, 5.41) is 13.9. The second-order valence-electron chi connectivity index (χ2n) is 8.07. The summed E-state index contributed by atoms with van der Waals surface area (Å²) in [5.41, 5.74) is 3.00. The van der Waals surface area contributed by atoms with Gasteiger partial charge in [0.15, 0.2) is 0 Å². The van der Waals surface area contributed by atoms with Gasteiger partial charge >= 0.3 is 5.97 Å². The number of hydrogen-bond acceptors (Lipinski definition) is 7. The van der Waals surface area contributed by atoms with Crippen molar-refractivity contribution in [1.29, 1.82) is 0 Å². The summed E-state index contributed by atoms with van der Waals surface area (Å²) in [6.07, 6.45) is 1.64. The molecule has 1 amide bonds. The molecule has 1 atom stereocenters. The number of fused-ring (bicyclic) bond motifs is 1. The Bertz CT molecular complexity index is 1490. The molecule has 0 spiro atoms. The molecule has 2 aromatic heterocycles. The number of carbonyl (C=O) groups excluding carboxylic acids is 1. The maximum atomic E-state index is 12.7. The fourth-order valence-corrected chi connectivity index (χ4v) is 5.15. The van der Waals surface area contributed by atoms with Crippen molar-refractivity contribution in [3.8, 4) is 0 Å². The van der Waals surface area contributed by atoms with Crippen LogP contribution < -0.4 is 10.9 Å². The molecule has 1 unspecified atom stereocenters. The summed E-state index contributed by atoms with van der Waals surface area (Å²) in [4.78, 5) is 43.6. The zero-order valence-corrected chi connectivity index (χ0v) is 20.9. The molecule has 0 aliphatic heterocycles. The minimum atomic E-state index is -0.994. The molecular formula is C25H23N3O6S2. The molecule has 2 aromatic carbocycles. The molecule has 9 nitrogen and oxygen atoms in total. The van der Waals surface area contributed by atoms with E-state index in [4.69, 9.17) is 9.84 Å². The first kappa shape index (κ1) is 25.4. The van der Waals surface area contributed by atoms with Gasteiger partial charge in [-0.25, -0.2) is 9.78 Å². The third-order valence-corrected chi connectivity index (χ3v) is 6.94. The number of carboxylic acid groups (broad SMARTS) is 1. The molecule has 0 bridgehead atoms. The van der Waals surface area contributed by atoms with Crippen molar-refractivity contribution in [1.82, 2.24) is 15.3 Å². The third-order valence-electron chi connectivity index (χ3n) is 5.28. The van der Waals surface area contributed by atoms with Crippen LogP contribution >= 0.6 is 11.3 Å². The maximum absolute atomic E-state index is 12.7. The number of H-pyrrole nitrogens is 1. The summed E-state index contributed by atoms with van der Waals surface area (Å²) in [7, 11) is -0.961. The number of aromatic nitrogens is 2. The molecule has 11 heteroatoms. The average molecular weight is 526 g/mol. The number of hydrogen-bond donors (Lipinski definition) is 3. The van der Waals surface area contributed by atoms with Crippen molar-refractivity contribution in [3.63, 3.8) is 0 Å². The number of carbonyl (C=O) groups is 2. The lowest BCUT2D eigenvalue weighted by molar-refractivity contribution is 0.0696. The van der Waals surface area contributed by atoms with E-state index in [0.29, 0.717) is 21.5 Å². The number of amides is 1. The van der Waals surface area contributed by atoms with E-state index in [1.54, 1.807) is 23.8 Å². The largest absolute Gasteiger partial charge is 0.478 e. The molecule has 0 saturated carbocycles. The molecule has 2 heterocycles. The lowest BCUT2D eigenvalue weighted by Crippen LogP contribution is -2.27. The molecular weight excluding hydrogens is 502 g/mol. The fraction of sp³-hybridized carbons (Fsp3) is 0.200. The van der Waals surface area contributed by atoms with Crippen molar-refractivity contribution >= 4 is 44.2 Å². The van der Waals surface area contributed by atoms with Gasteiger partial charge in [0.25, 0.3) is 11.5 Å². The Morgan fingerprint density at radius 2 is 1.86 bits per heavy atom. The number of benzene rings is 2. The van der Waals surface area contributed by atoms with Crippen molar-refractivity contribution in [2.45, 2.75) is 25.5 Å². The van der Waals surface area contributed by atoms with Gasteiger partial charge in [-0.05, 0) is 34.2 Å². The van der Waals surface area contributed by atoms with Gasteiger partial charge < -0.3 is 20.1 Å². The standard InChI is InChI=1S/C25H23N3O6S2/c1-36(33)14-17-4-2-3-16(9-17)10-26-23(30)21-27-22(29)20-19(13-35-24(20)28-21)12-34-11-15-5-7-18(8-6-15)25(31)32/h2-9,13H,10-12,14H2,1H3,(H,26,30)(H,31,32)(H,27,28,29). The number of carboxylic acids is 1. The summed E-state index contributed by atoms with van der Waals surface area (Å²) in [5.74, 6) is -1.14. The normalized spacial score (nSPS) is 11.9. The highest BCUT2D eigenvalue weighted by atomic mass is 32.2. The van der Waals surface area contributed by atoms with Crippen LogP contribution in [-0.4, -0.2) is 37.4 Å². The Labute approximate surface area is 212 Å². The highest BCUT2D eigenvalue weighted by molar-refractivity contribution is 7.83. The lowest BCUT2D eigenvalue weighted by Gasteiger charge is -2.07. The van der Waals surface area contributed by atoms with Crippen LogP contribution in [0.2, 0.25) is 0 Å². The Morgan fingerprint density at radius 3 is 2.58 bits per heavy atom. The average Bonchev–Trinajstić information content (AvgIpc) is 3.26. The van der Waals surface area contributed by atoms with Crippen molar-refractivity contribution in [3.05, 3.63) is 97.9 Å². The number of ether oxygens (including phenoxy) is 1. The second kappa shape index (κ2) is 11.4. The number of thiophene rings is 1. The smallest absolute Gasteiger partial charge is 0.335 e. The van der Waals surface area contributed by atoms with Crippen LogP contribution in [0.15, 0.2) is 58.7 Å². The number of aromatic carboxylic acids is 1. The molecule has 4 aromatic rings. The van der Waals surface area contributed by atoms with E-state index in [0.717, 1.165) is 16.7 Å². The third kappa shape index (κ3) is 6.30. The van der Waals surface area contributed by atoms with Gasteiger partial charge in [-0.2, -0.15) is 0 Å². The van der Waals surface area contributed by atoms with Gasteiger partial charge in [0.1, 0.15) is 4.83 Å². The molecule has 0 aliphatic carbocycles. The summed E-state index contributed by atoms with van der Waals surface area (Å²) < 4.78 is 17.2. The molecule has 36 heavy (non-hydrogen) atoms. The van der Waals surface area contributed by atoms with Crippen LogP contribution in [0.3, 0.4) is 0 Å². The predicted octanol–water partition coefficient (Wildman–Crippen LogP) is 3.21. The zero-order chi connectivity index (χ0) is 25.7. The first-order valence-electron chi connectivity index (χ1n) is 10.9. The topological polar surface area (TPSA) is 138 Å². The van der Waals surface area contributed by atoms with E-state index in [-0.39, 0.29) is 31.1 Å². The Balaban J connectivity index is 1.39. The minimum absolute atomic E-state index is 0.0776. The van der Waals surface area contributed by atoms with Crippen LogP contribution in [0.5, 0.6) is 0 Å². The fourth-order valence-electron chi connectivity index (χ4n) is 3.57. The molecule has 0 saturated heterocycles. The maximum Gasteiger partial charge on any atom is 0.335 e. The number of rotatable bonds is 10. The van der Waals surface area contributed by atoms with E-state index >= 15 is 0 Å². The molecule has 0 radical (unpaired) electrons. The van der Waals surface area contributed by atoms with E-state index in [9.17, 15) is 18.6 Å². The number of nitrogens with one attached hydrogen (secondary N) is 2. The van der Waals surface area contributed by atoms with E-state index < -0.39 is 28.2 Å². The van der Waals surface area contributed by atoms with Crippen LogP contribution in [-0.2, 0) is 41.0 Å². The van der Waals surface area contributed by atoms with Crippen molar-refractivity contribution < 1.29 is 23.6 Å². The molecule has 0 aliphatic rings. The predicted molar refractivity (Wildman–Crippen MR) is 138 cm³/mol. The van der Waals surface area contributed by atoms with Gasteiger partial charge in [0.05, 0.1) is 24.2 Å². The van der Waals surface area contributed by atoms with Crippen LogP contribution in [0, 0.1) is 0 Å². The monoisotopic (exact) mass is 525 g/mol. The molecule has 0 fully saturated rings. The van der Waals surface area contributed by atoms with E-state index in [1.165, 1.54) is 23.5 Å². The summed E-state index contributed by atoms with van der Waals surface area (Å²) in [6, 6.07) is 13.8. The molecule has 186 valence electrons. The van der Waals surface area contributed by atoms with Gasteiger partial charge in [0, 0.05) is 34.9 Å². The Morgan fingerprint density at radius 1 is 1.11 bits per heavy atom.